The summed E-state index contributed by atoms with van der Waals surface area (Å²) in [5.41, 5.74) is 6.82. The Hall–Kier alpha value is -0.810. The van der Waals surface area contributed by atoms with Gasteiger partial charge in [0.05, 0.1) is 5.75 Å². The van der Waals surface area contributed by atoms with Gasteiger partial charge in [0, 0.05) is 30.7 Å². The van der Waals surface area contributed by atoms with E-state index in [1.165, 1.54) is 0 Å². The van der Waals surface area contributed by atoms with E-state index < -0.39 is 9.84 Å². The summed E-state index contributed by atoms with van der Waals surface area (Å²) >= 11 is 0. The van der Waals surface area contributed by atoms with Gasteiger partial charge in [-0.05, 0) is 25.0 Å². The molecule has 0 aliphatic heterocycles. The summed E-state index contributed by atoms with van der Waals surface area (Å²) in [4.78, 5) is 0. The van der Waals surface area contributed by atoms with Gasteiger partial charge in [0.2, 0.25) is 0 Å². The monoisotopic (exact) mass is 244 g/mol. The van der Waals surface area contributed by atoms with E-state index in [4.69, 9.17) is 5.73 Å². The maximum absolute atomic E-state index is 11.3. The molecule has 1 rings (SSSR count). The highest BCUT2D eigenvalue weighted by Crippen LogP contribution is 2.10. The zero-order valence-corrected chi connectivity index (χ0v) is 10.7. The lowest BCUT2D eigenvalue weighted by Crippen LogP contribution is -2.11. The predicted octanol–water partition coefficient (Wildman–Crippen LogP) is 1.33. The highest BCUT2D eigenvalue weighted by atomic mass is 32.2. The van der Waals surface area contributed by atoms with Gasteiger partial charge in [-0.1, -0.05) is 6.92 Å². The maximum atomic E-state index is 11.3. The molecular formula is C11H20N2O2S. The first-order chi connectivity index (χ1) is 7.44. The minimum absolute atomic E-state index is 0.0284. The van der Waals surface area contributed by atoms with E-state index in [-0.39, 0.29) is 17.5 Å². The highest BCUT2D eigenvalue weighted by Gasteiger charge is 2.07. The molecule has 1 aromatic rings. The fraction of sp³-hybridized carbons (Fsp3) is 0.636. The van der Waals surface area contributed by atoms with Crippen LogP contribution in [-0.2, 0) is 16.4 Å². The van der Waals surface area contributed by atoms with Gasteiger partial charge in [0.25, 0.3) is 0 Å². The third kappa shape index (κ3) is 3.98. The van der Waals surface area contributed by atoms with E-state index >= 15 is 0 Å². The SMILES string of the molecule is CCS(=O)(=O)CCCn1ccc(C(C)N)c1. The van der Waals surface area contributed by atoms with Gasteiger partial charge in [0.1, 0.15) is 9.84 Å². The van der Waals surface area contributed by atoms with Crippen LogP contribution in [0.1, 0.15) is 31.9 Å². The lowest BCUT2D eigenvalue weighted by Gasteiger charge is -2.04. The molecule has 0 aromatic carbocycles. The molecule has 0 fully saturated rings. The zero-order chi connectivity index (χ0) is 12.2. The van der Waals surface area contributed by atoms with Crippen molar-refractivity contribution in [2.75, 3.05) is 11.5 Å². The lowest BCUT2D eigenvalue weighted by molar-refractivity contribution is 0.587. The molecule has 0 radical (unpaired) electrons. The predicted molar refractivity (Wildman–Crippen MR) is 66.0 cm³/mol. The van der Waals surface area contributed by atoms with Gasteiger partial charge in [-0.3, -0.25) is 0 Å². The van der Waals surface area contributed by atoms with E-state index in [0.717, 1.165) is 12.1 Å². The van der Waals surface area contributed by atoms with Crippen molar-refractivity contribution < 1.29 is 8.42 Å². The molecule has 0 aliphatic carbocycles. The Bertz CT molecular complexity index is 421. The Morgan fingerprint density at radius 3 is 2.69 bits per heavy atom. The molecular weight excluding hydrogens is 224 g/mol. The molecule has 2 N–H and O–H groups in total. The summed E-state index contributed by atoms with van der Waals surface area (Å²) in [6.07, 6.45) is 4.57. The Balaban J connectivity index is 2.43. The molecule has 4 nitrogen and oxygen atoms in total. The van der Waals surface area contributed by atoms with Gasteiger partial charge >= 0.3 is 0 Å². The quantitative estimate of drug-likeness (QED) is 0.821. The van der Waals surface area contributed by atoms with Crippen LogP contribution in [0.3, 0.4) is 0 Å². The molecule has 92 valence electrons. The summed E-state index contributed by atoms with van der Waals surface area (Å²) in [6, 6.07) is 2.00. The summed E-state index contributed by atoms with van der Waals surface area (Å²) in [5.74, 6) is 0.485. The van der Waals surface area contributed by atoms with Crippen molar-refractivity contribution in [1.29, 1.82) is 0 Å². The Kier molecular flexibility index (Phi) is 4.56. The first-order valence-electron chi connectivity index (χ1n) is 5.56. The van der Waals surface area contributed by atoms with Crippen molar-refractivity contribution in [1.82, 2.24) is 4.57 Å². The second kappa shape index (κ2) is 5.50. The van der Waals surface area contributed by atoms with Gasteiger partial charge in [-0.2, -0.15) is 0 Å². The standard InChI is InChI=1S/C11H20N2O2S/c1-3-16(14,15)8-4-6-13-7-5-11(9-13)10(2)12/h5,7,9-10H,3-4,6,8,12H2,1-2H3. The topological polar surface area (TPSA) is 65.1 Å². The third-order valence-corrected chi connectivity index (χ3v) is 4.40. The Labute approximate surface area is 97.4 Å². The first-order valence-corrected chi connectivity index (χ1v) is 7.38. The normalized spacial score (nSPS) is 13.9. The molecule has 1 heterocycles. The largest absolute Gasteiger partial charge is 0.354 e. The summed E-state index contributed by atoms with van der Waals surface area (Å²) in [7, 11) is -2.84. The molecule has 1 atom stereocenters. The minimum atomic E-state index is -2.84. The fourth-order valence-electron chi connectivity index (χ4n) is 1.48. The van der Waals surface area contributed by atoms with E-state index in [0.29, 0.717) is 6.42 Å². The van der Waals surface area contributed by atoms with Crippen LogP contribution in [0.25, 0.3) is 0 Å². The number of hydrogen-bond donors (Lipinski definition) is 1. The van der Waals surface area contributed by atoms with Crippen LogP contribution in [0.15, 0.2) is 18.5 Å². The molecule has 0 aliphatic rings. The molecule has 0 spiro atoms. The van der Waals surface area contributed by atoms with Crippen LogP contribution >= 0.6 is 0 Å². The van der Waals surface area contributed by atoms with E-state index in [1.54, 1.807) is 6.92 Å². The smallest absolute Gasteiger partial charge is 0.150 e. The van der Waals surface area contributed by atoms with Crippen molar-refractivity contribution in [3.63, 3.8) is 0 Å². The summed E-state index contributed by atoms with van der Waals surface area (Å²) in [5, 5.41) is 0. The van der Waals surface area contributed by atoms with Gasteiger partial charge in [-0.25, -0.2) is 8.42 Å². The van der Waals surface area contributed by atoms with E-state index in [2.05, 4.69) is 0 Å². The second-order valence-corrected chi connectivity index (χ2v) is 6.53. The van der Waals surface area contributed by atoms with Crippen LogP contribution in [0.2, 0.25) is 0 Å². The van der Waals surface area contributed by atoms with Crippen molar-refractivity contribution in [3.05, 3.63) is 24.0 Å². The number of rotatable bonds is 6. The van der Waals surface area contributed by atoms with Crippen molar-refractivity contribution >= 4 is 9.84 Å². The van der Waals surface area contributed by atoms with E-state index in [1.807, 2.05) is 30.0 Å². The van der Waals surface area contributed by atoms with Gasteiger partial charge in [-0.15, -0.1) is 0 Å². The molecule has 1 unspecified atom stereocenters. The summed E-state index contributed by atoms with van der Waals surface area (Å²) < 4.78 is 24.5. The fourth-order valence-corrected chi connectivity index (χ4v) is 2.34. The van der Waals surface area contributed by atoms with Crippen molar-refractivity contribution in [2.24, 2.45) is 5.73 Å². The molecule has 0 saturated carbocycles. The lowest BCUT2D eigenvalue weighted by atomic mass is 10.2. The zero-order valence-electron chi connectivity index (χ0n) is 9.89. The third-order valence-electron chi connectivity index (χ3n) is 2.61. The number of nitrogens with zero attached hydrogens (tertiary/aromatic N) is 1. The average Bonchev–Trinajstić information content (AvgIpc) is 2.66. The van der Waals surface area contributed by atoms with Gasteiger partial charge in [0.15, 0.2) is 0 Å². The molecule has 0 bridgehead atoms. The van der Waals surface area contributed by atoms with Crippen LogP contribution < -0.4 is 5.73 Å². The number of nitrogens with two attached hydrogens (primary N) is 1. The summed E-state index contributed by atoms with van der Waals surface area (Å²) in [6.45, 7) is 4.34. The molecule has 0 saturated heterocycles. The van der Waals surface area contributed by atoms with Gasteiger partial charge < -0.3 is 10.3 Å². The second-order valence-electron chi connectivity index (χ2n) is 4.06. The average molecular weight is 244 g/mol. The molecule has 0 amide bonds. The maximum Gasteiger partial charge on any atom is 0.150 e. The highest BCUT2D eigenvalue weighted by molar-refractivity contribution is 7.91. The number of sulfone groups is 1. The Morgan fingerprint density at radius 1 is 1.50 bits per heavy atom. The van der Waals surface area contributed by atoms with Crippen molar-refractivity contribution in [2.45, 2.75) is 32.9 Å². The number of hydrogen-bond acceptors (Lipinski definition) is 3. The molecule has 16 heavy (non-hydrogen) atoms. The van der Waals surface area contributed by atoms with Crippen molar-refractivity contribution in [3.8, 4) is 0 Å². The van der Waals surface area contributed by atoms with E-state index in [9.17, 15) is 8.42 Å². The Morgan fingerprint density at radius 2 is 2.19 bits per heavy atom. The number of aromatic nitrogens is 1. The minimum Gasteiger partial charge on any atom is -0.354 e. The first kappa shape index (κ1) is 13.3. The molecule has 5 heteroatoms. The van der Waals surface area contributed by atoms with Crippen LogP contribution in [-0.4, -0.2) is 24.5 Å². The van der Waals surface area contributed by atoms with Crippen LogP contribution in [0.4, 0.5) is 0 Å². The van der Waals surface area contributed by atoms with Crippen LogP contribution in [0.5, 0.6) is 0 Å². The number of aryl methyl sites for hydroxylation is 1. The molecule has 1 aromatic heterocycles. The van der Waals surface area contributed by atoms with Crippen LogP contribution in [0, 0.1) is 0 Å².